The number of nitrogens with one attached hydrogen (secondary N) is 2. The molecule has 0 aliphatic rings. The summed E-state index contributed by atoms with van der Waals surface area (Å²) in [6.07, 6.45) is 2.45. The van der Waals surface area contributed by atoms with Crippen molar-refractivity contribution in [3.63, 3.8) is 0 Å². The Morgan fingerprint density at radius 2 is 1.61 bits per heavy atom. The first-order chi connectivity index (χ1) is 18.1. The van der Waals surface area contributed by atoms with Gasteiger partial charge in [-0.25, -0.2) is 22.9 Å². The van der Waals surface area contributed by atoms with E-state index in [1.165, 1.54) is 24.3 Å². The van der Waals surface area contributed by atoms with Gasteiger partial charge in [0, 0.05) is 23.3 Å². The van der Waals surface area contributed by atoms with Gasteiger partial charge in [0.15, 0.2) is 0 Å². The Morgan fingerprint density at radius 3 is 2.21 bits per heavy atom. The van der Waals surface area contributed by atoms with Gasteiger partial charge in [0.25, 0.3) is 21.8 Å². The second-order valence-corrected chi connectivity index (χ2v) is 10.8. The molecule has 9 nitrogen and oxygen atoms in total. The molecule has 0 aliphatic carbocycles. The summed E-state index contributed by atoms with van der Waals surface area (Å²) in [5.74, 6) is -1.53. The molecule has 200 valence electrons. The van der Waals surface area contributed by atoms with Crippen LogP contribution >= 0.6 is 11.6 Å². The van der Waals surface area contributed by atoms with E-state index >= 15 is 0 Å². The van der Waals surface area contributed by atoms with Crippen molar-refractivity contribution in [2.24, 2.45) is 5.92 Å². The second-order valence-electron chi connectivity index (χ2n) is 8.64. The summed E-state index contributed by atoms with van der Waals surface area (Å²) in [5, 5.41) is 3.33. The molecule has 0 fully saturated rings. The summed E-state index contributed by atoms with van der Waals surface area (Å²) >= 11 is 5.83. The monoisotopic (exact) mass is 557 g/mol. The lowest BCUT2D eigenvalue weighted by Crippen LogP contribution is -2.30. The SMILES string of the molecule is CCC(C)COC(=O)c1ccc(C(=O)NS(=O)(=O)c2ccc(CCNC(=O)c3ccc(Cl)cc3)cc2)cn1. The fourth-order valence-electron chi connectivity index (χ4n) is 3.16. The van der Waals surface area contributed by atoms with Crippen molar-refractivity contribution in [2.75, 3.05) is 13.2 Å². The van der Waals surface area contributed by atoms with Gasteiger partial charge in [0.05, 0.1) is 17.1 Å². The van der Waals surface area contributed by atoms with Gasteiger partial charge in [-0.05, 0) is 66.4 Å². The Bertz CT molecular complexity index is 1380. The number of carbonyl (C=O) groups is 3. The van der Waals surface area contributed by atoms with Crippen LogP contribution in [0.25, 0.3) is 0 Å². The number of amides is 2. The zero-order valence-electron chi connectivity index (χ0n) is 20.9. The number of rotatable bonds is 11. The summed E-state index contributed by atoms with van der Waals surface area (Å²) in [6, 6.07) is 15.1. The Kier molecular flexibility index (Phi) is 9.98. The molecule has 38 heavy (non-hydrogen) atoms. The summed E-state index contributed by atoms with van der Waals surface area (Å²) < 4.78 is 32.5. The maximum absolute atomic E-state index is 12.7. The van der Waals surface area contributed by atoms with Crippen molar-refractivity contribution in [1.82, 2.24) is 15.0 Å². The number of halogens is 1. The molecule has 0 saturated heterocycles. The van der Waals surface area contributed by atoms with E-state index in [9.17, 15) is 22.8 Å². The largest absolute Gasteiger partial charge is 0.461 e. The van der Waals surface area contributed by atoms with E-state index in [4.69, 9.17) is 16.3 Å². The lowest BCUT2D eigenvalue weighted by molar-refractivity contribution is 0.0439. The number of nitrogens with zero attached hydrogens (tertiary/aromatic N) is 1. The predicted octanol–water partition coefficient (Wildman–Crippen LogP) is 4.03. The van der Waals surface area contributed by atoms with E-state index in [0.717, 1.165) is 18.2 Å². The third-order valence-corrected chi connectivity index (χ3v) is 7.30. The van der Waals surface area contributed by atoms with E-state index in [-0.39, 0.29) is 34.6 Å². The van der Waals surface area contributed by atoms with Crippen molar-refractivity contribution < 1.29 is 27.5 Å². The second kappa shape index (κ2) is 13.2. The first-order valence-corrected chi connectivity index (χ1v) is 13.8. The molecule has 0 radical (unpaired) electrons. The smallest absolute Gasteiger partial charge is 0.356 e. The maximum atomic E-state index is 12.7. The molecule has 2 N–H and O–H groups in total. The summed E-state index contributed by atoms with van der Waals surface area (Å²) in [7, 11) is -4.14. The molecule has 11 heteroatoms. The van der Waals surface area contributed by atoms with Gasteiger partial charge in [-0.3, -0.25) is 9.59 Å². The molecule has 0 saturated carbocycles. The molecule has 0 spiro atoms. The van der Waals surface area contributed by atoms with Crippen LogP contribution in [0.5, 0.6) is 0 Å². The highest BCUT2D eigenvalue weighted by Gasteiger charge is 2.20. The number of sulfonamides is 1. The minimum atomic E-state index is -4.14. The topological polar surface area (TPSA) is 132 Å². The fraction of sp³-hybridized carbons (Fsp3) is 0.259. The molecule has 2 amide bonds. The zero-order valence-corrected chi connectivity index (χ0v) is 22.5. The van der Waals surface area contributed by atoms with Crippen LogP contribution in [-0.4, -0.2) is 44.3 Å². The standard InChI is InChI=1S/C27H28ClN3O6S/c1-3-18(2)17-37-27(34)24-13-8-21(16-30-24)26(33)31-38(35,36)23-11-4-19(5-12-23)14-15-29-25(32)20-6-9-22(28)10-7-20/h4-13,16,18H,3,14-15,17H2,1-2H3,(H,29,32)(H,31,33). The predicted molar refractivity (Wildman–Crippen MR) is 143 cm³/mol. The van der Waals surface area contributed by atoms with E-state index in [1.54, 1.807) is 36.4 Å². The molecule has 3 aromatic rings. The number of hydrogen-bond acceptors (Lipinski definition) is 7. The number of ether oxygens (including phenoxy) is 1. The Balaban J connectivity index is 1.53. The van der Waals surface area contributed by atoms with Gasteiger partial charge in [0.2, 0.25) is 0 Å². The highest BCUT2D eigenvalue weighted by atomic mass is 35.5. The molecule has 2 aromatic carbocycles. The first kappa shape index (κ1) is 28.8. The van der Waals surface area contributed by atoms with Gasteiger partial charge in [-0.1, -0.05) is 44.0 Å². The van der Waals surface area contributed by atoms with Crippen LogP contribution in [0.1, 0.15) is 57.0 Å². The van der Waals surface area contributed by atoms with Crippen LogP contribution in [0.4, 0.5) is 0 Å². The van der Waals surface area contributed by atoms with Crippen LogP contribution < -0.4 is 10.0 Å². The van der Waals surface area contributed by atoms with Gasteiger partial charge >= 0.3 is 5.97 Å². The van der Waals surface area contributed by atoms with Crippen molar-refractivity contribution >= 4 is 39.4 Å². The Morgan fingerprint density at radius 1 is 0.947 bits per heavy atom. The molecule has 3 rings (SSSR count). The number of esters is 1. The zero-order chi connectivity index (χ0) is 27.7. The summed E-state index contributed by atoms with van der Waals surface area (Å²) in [5.41, 5.74) is 1.28. The molecule has 1 atom stereocenters. The molecule has 0 aliphatic heterocycles. The van der Waals surface area contributed by atoms with Crippen LogP contribution in [0.15, 0.2) is 71.8 Å². The van der Waals surface area contributed by atoms with Crippen molar-refractivity contribution in [2.45, 2.75) is 31.6 Å². The first-order valence-electron chi connectivity index (χ1n) is 11.9. The van der Waals surface area contributed by atoms with Crippen LogP contribution in [0.2, 0.25) is 5.02 Å². The van der Waals surface area contributed by atoms with Gasteiger partial charge in [-0.15, -0.1) is 0 Å². The minimum Gasteiger partial charge on any atom is -0.461 e. The van der Waals surface area contributed by atoms with Crippen molar-refractivity contribution in [3.8, 4) is 0 Å². The maximum Gasteiger partial charge on any atom is 0.356 e. The normalized spacial score (nSPS) is 11.9. The average Bonchev–Trinajstić information content (AvgIpc) is 2.92. The number of pyridine rings is 1. The molecular weight excluding hydrogens is 530 g/mol. The molecule has 0 bridgehead atoms. The van der Waals surface area contributed by atoms with Gasteiger partial charge in [0.1, 0.15) is 5.69 Å². The fourth-order valence-corrected chi connectivity index (χ4v) is 4.26. The summed E-state index contributed by atoms with van der Waals surface area (Å²) in [4.78, 5) is 40.5. The number of hydrogen-bond donors (Lipinski definition) is 2. The molecule has 1 heterocycles. The van der Waals surface area contributed by atoms with E-state index < -0.39 is 21.9 Å². The van der Waals surface area contributed by atoms with Gasteiger partial charge in [-0.2, -0.15) is 0 Å². The number of benzene rings is 2. The Labute approximate surface area is 226 Å². The molecular formula is C27H28ClN3O6S. The van der Waals surface area contributed by atoms with Crippen molar-refractivity contribution in [3.05, 3.63) is 94.3 Å². The van der Waals surface area contributed by atoms with E-state index in [0.29, 0.717) is 23.6 Å². The third-order valence-electron chi connectivity index (χ3n) is 5.70. The van der Waals surface area contributed by atoms with Gasteiger partial charge < -0.3 is 10.1 Å². The van der Waals surface area contributed by atoms with Crippen LogP contribution in [-0.2, 0) is 21.2 Å². The summed E-state index contributed by atoms with van der Waals surface area (Å²) in [6.45, 7) is 4.54. The third kappa shape index (κ3) is 8.12. The molecule has 1 aromatic heterocycles. The highest BCUT2D eigenvalue weighted by molar-refractivity contribution is 7.90. The minimum absolute atomic E-state index is 0.0210. The Hall–Kier alpha value is -3.76. The quantitative estimate of drug-likeness (QED) is 0.340. The van der Waals surface area contributed by atoms with Crippen LogP contribution in [0, 0.1) is 5.92 Å². The van der Waals surface area contributed by atoms with E-state index in [1.807, 2.05) is 18.6 Å². The average molecular weight is 558 g/mol. The number of carbonyl (C=O) groups excluding carboxylic acids is 3. The molecule has 1 unspecified atom stereocenters. The highest BCUT2D eigenvalue weighted by Crippen LogP contribution is 2.13. The van der Waals surface area contributed by atoms with E-state index in [2.05, 4.69) is 10.3 Å². The van der Waals surface area contributed by atoms with Crippen LogP contribution in [0.3, 0.4) is 0 Å². The number of aromatic nitrogens is 1. The lowest BCUT2D eigenvalue weighted by Gasteiger charge is -2.10. The lowest BCUT2D eigenvalue weighted by atomic mass is 10.1. The van der Waals surface area contributed by atoms with Crippen molar-refractivity contribution in [1.29, 1.82) is 0 Å².